The zero-order valence-corrected chi connectivity index (χ0v) is 13.2. The molecule has 0 spiro atoms. The molecule has 128 valence electrons. The third kappa shape index (κ3) is 5.49. The number of halogens is 3. The Balaban J connectivity index is 1.86. The van der Waals surface area contributed by atoms with Gasteiger partial charge in [-0.15, -0.1) is 13.2 Å². The fraction of sp³-hybridized carbons (Fsp3) is 0.235. The molecule has 0 aliphatic carbocycles. The van der Waals surface area contributed by atoms with E-state index in [-0.39, 0.29) is 18.2 Å². The molecule has 0 radical (unpaired) electrons. The summed E-state index contributed by atoms with van der Waals surface area (Å²) >= 11 is 0. The molecule has 0 fully saturated rings. The Kier molecular flexibility index (Phi) is 5.33. The van der Waals surface area contributed by atoms with E-state index in [0.717, 1.165) is 28.9 Å². The molecule has 1 amide bonds. The van der Waals surface area contributed by atoms with Crippen LogP contribution in [0, 0.1) is 13.8 Å². The highest BCUT2D eigenvalue weighted by atomic mass is 19.4. The zero-order chi connectivity index (χ0) is 17.7. The number of aryl methyl sites for hydroxylation is 2. The molecule has 0 bridgehead atoms. The van der Waals surface area contributed by atoms with Gasteiger partial charge in [0, 0.05) is 11.4 Å². The largest absolute Gasteiger partial charge is 0.573 e. The molecule has 0 atom stereocenters. The fourth-order valence-electron chi connectivity index (χ4n) is 1.98. The van der Waals surface area contributed by atoms with Gasteiger partial charge >= 0.3 is 6.36 Å². The first-order valence-electron chi connectivity index (χ1n) is 7.20. The summed E-state index contributed by atoms with van der Waals surface area (Å²) in [5.41, 5.74) is 3.48. The number of carbonyl (C=O) groups is 1. The molecule has 4 nitrogen and oxygen atoms in total. The lowest BCUT2D eigenvalue weighted by Crippen LogP contribution is -2.21. The van der Waals surface area contributed by atoms with E-state index >= 15 is 0 Å². The minimum Gasteiger partial charge on any atom is -0.406 e. The summed E-state index contributed by atoms with van der Waals surface area (Å²) in [4.78, 5) is 11.9. The Morgan fingerprint density at radius 3 is 2.21 bits per heavy atom. The summed E-state index contributed by atoms with van der Waals surface area (Å²) in [6.45, 7) is 4.02. The Morgan fingerprint density at radius 2 is 1.62 bits per heavy atom. The Hall–Kier alpha value is -2.70. The predicted octanol–water partition coefficient (Wildman–Crippen LogP) is 4.25. The quantitative estimate of drug-likeness (QED) is 0.857. The monoisotopic (exact) mass is 338 g/mol. The molecule has 2 aromatic carbocycles. The summed E-state index contributed by atoms with van der Waals surface area (Å²) in [5, 5.41) is 5.58. The SMILES string of the molecule is Cc1ccc(NCC(=O)Nc2ccc(OC(F)(F)F)cc2)cc1C. The summed E-state index contributed by atoms with van der Waals surface area (Å²) in [7, 11) is 0. The van der Waals surface area contributed by atoms with Crippen LogP contribution in [-0.4, -0.2) is 18.8 Å². The number of benzene rings is 2. The predicted molar refractivity (Wildman–Crippen MR) is 86.2 cm³/mol. The summed E-state index contributed by atoms with van der Waals surface area (Å²) in [6.07, 6.45) is -4.74. The van der Waals surface area contributed by atoms with Gasteiger partial charge in [0.2, 0.25) is 5.91 Å². The topological polar surface area (TPSA) is 50.4 Å². The highest BCUT2D eigenvalue weighted by Gasteiger charge is 2.30. The van der Waals surface area contributed by atoms with Gasteiger partial charge < -0.3 is 15.4 Å². The second-order valence-electron chi connectivity index (χ2n) is 5.27. The number of carbonyl (C=O) groups excluding carboxylic acids is 1. The summed E-state index contributed by atoms with van der Waals surface area (Å²) in [5.74, 6) is -0.647. The number of alkyl halides is 3. The van der Waals surface area contributed by atoms with Gasteiger partial charge in [0.1, 0.15) is 5.75 Å². The van der Waals surface area contributed by atoms with Crippen LogP contribution in [0.4, 0.5) is 24.5 Å². The van der Waals surface area contributed by atoms with Crippen molar-refractivity contribution in [1.29, 1.82) is 0 Å². The molecule has 0 saturated heterocycles. The third-order valence-corrected chi connectivity index (χ3v) is 3.33. The van der Waals surface area contributed by atoms with Crippen LogP contribution in [0.5, 0.6) is 5.75 Å². The molecule has 0 unspecified atom stereocenters. The molecule has 0 aliphatic rings. The molecule has 2 N–H and O–H groups in total. The second-order valence-corrected chi connectivity index (χ2v) is 5.27. The molecule has 0 aliphatic heterocycles. The van der Waals surface area contributed by atoms with E-state index in [9.17, 15) is 18.0 Å². The molecule has 7 heteroatoms. The molecule has 0 saturated carbocycles. The van der Waals surface area contributed by atoms with Crippen LogP contribution in [-0.2, 0) is 4.79 Å². The lowest BCUT2D eigenvalue weighted by Gasteiger charge is -2.11. The van der Waals surface area contributed by atoms with E-state index in [1.54, 1.807) is 0 Å². The van der Waals surface area contributed by atoms with Crippen molar-refractivity contribution in [3.05, 3.63) is 53.6 Å². The summed E-state index contributed by atoms with van der Waals surface area (Å²) in [6, 6.07) is 10.7. The van der Waals surface area contributed by atoms with Gasteiger partial charge in [0.25, 0.3) is 0 Å². The zero-order valence-electron chi connectivity index (χ0n) is 13.2. The van der Waals surface area contributed by atoms with Crippen LogP contribution < -0.4 is 15.4 Å². The van der Waals surface area contributed by atoms with Crippen LogP contribution in [0.3, 0.4) is 0 Å². The highest BCUT2D eigenvalue weighted by molar-refractivity contribution is 5.93. The van der Waals surface area contributed by atoms with Crippen LogP contribution in [0.2, 0.25) is 0 Å². The van der Waals surface area contributed by atoms with Crippen molar-refractivity contribution in [2.75, 3.05) is 17.2 Å². The van der Waals surface area contributed by atoms with Crippen molar-refractivity contribution in [3.63, 3.8) is 0 Å². The van der Waals surface area contributed by atoms with Crippen molar-refractivity contribution in [2.45, 2.75) is 20.2 Å². The minimum absolute atomic E-state index is 0.0449. The number of hydrogen-bond acceptors (Lipinski definition) is 3. The molecular formula is C17H17F3N2O2. The average molecular weight is 338 g/mol. The van der Waals surface area contributed by atoms with Crippen molar-refractivity contribution in [2.24, 2.45) is 0 Å². The minimum atomic E-state index is -4.74. The molecule has 0 aromatic heterocycles. The lowest BCUT2D eigenvalue weighted by atomic mass is 10.1. The van der Waals surface area contributed by atoms with E-state index in [4.69, 9.17) is 0 Å². The van der Waals surface area contributed by atoms with Crippen molar-refractivity contribution in [3.8, 4) is 5.75 Å². The Bertz CT molecular complexity index is 713. The maximum atomic E-state index is 12.1. The van der Waals surface area contributed by atoms with Gasteiger partial charge in [-0.05, 0) is 61.4 Å². The number of rotatable bonds is 5. The second kappa shape index (κ2) is 7.25. The summed E-state index contributed by atoms with van der Waals surface area (Å²) < 4.78 is 40.0. The van der Waals surface area contributed by atoms with Gasteiger partial charge in [0.15, 0.2) is 0 Å². The molecular weight excluding hydrogens is 321 g/mol. The normalized spacial score (nSPS) is 11.0. The Morgan fingerprint density at radius 1 is 1.00 bits per heavy atom. The van der Waals surface area contributed by atoms with Gasteiger partial charge in [-0.2, -0.15) is 0 Å². The molecule has 2 rings (SSSR count). The van der Waals surface area contributed by atoms with E-state index in [2.05, 4.69) is 15.4 Å². The van der Waals surface area contributed by atoms with E-state index in [1.165, 1.54) is 12.1 Å². The first-order chi connectivity index (χ1) is 11.2. The van der Waals surface area contributed by atoms with Crippen molar-refractivity contribution in [1.82, 2.24) is 0 Å². The van der Waals surface area contributed by atoms with Crippen molar-refractivity contribution < 1.29 is 22.7 Å². The molecule has 24 heavy (non-hydrogen) atoms. The third-order valence-electron chi connectivity index (χ3n) is 3.33. The van der Waals surface area contributed by atoms with Gasteiger partial charge in [-0.25, -0.2) is 0 Å². The van der Waals surface area contributed by atoms with Gasteiger partial charge in [-0.1, -0.05) is 6.07 Å². The number of hydrogen-bond donors (Lipinski definition) is 2. The first-order valence-corrected chi connectivity index (χ1v) is 7.20. The van der Waals surface area contributed by atoms with Crippen molar-refractivity contribution >= 4 is 17.3 Å². The number of nitrogens with one attached hydrogen (secondary N) is 2. The van der Waals surface area contributed by atoms with E-state index < -0.39 is 6.36 Å². The number of amides is 1. The maximum absolute atomic E-state index is 12.1. The van der Waals surface area contributed by atoms with Gasteiger partial charge in [0.05, 0.1) is 6.54 Å². The van der Waals surface area contributed by atoms with Crippen LogP contribution >= 0.6 is 0 Å². The first kappa shape index (κ1) is 17.7. The van der Waals surface area contributed by atoms with E-state index in [1.807, 2.05) is 32.0 Å². The smallest absolute Gasteiger partial charge is 0.406 e. The van der Waals surface area contributed by atoms with Crippen LogP contribution in [0.15, 0.2) is 42.5 Å². The lowest BCUT2D eigenvalue weighted by molar-refractivity contribution is -0.274. The van der Waals surface area contributed by atoms with Crippen LogP contribution in [0.1, 0.15) is 11.1 Å². The molecule has 0 heterocycles. The van der Waals surface area contributed by atoms with E-state index in [0.29, 0.717) is 5.69 Å². The highest BCUT2D eigenvalue weighted by Crippen LogP contribution is 2.24. The standard InChI is InChI=1S/C17H17F3N2O2/c1-11-3-4-14(9-12(11)2)21-10-16(23)22-13-5-7-15(8-6-13)24-17(18,19)20/h3-9,21H,10H2,1-2H3,(H,22,23). The molecule has 2 aromatic rings. The number of anilines is 2. The number of ether oxygens (including phenoxy) is 1. The fourth-order valence-corrected chi connectivity index (χ4v) is 1.98. The van der Waals surface area contributed by atoms with Crippen LogP contribution in [0.25, 0.3) is 0 Å². The maximum Gasteiger partial charge on any atom is 0.573 e. The van der Waals surface area contributed by atoms with Gasteiger partial charge in [-0.3, -0.25) is 4.79 Å². The Labute approximate surface area is 137 Å². The average Bonchev–Trinajstić information content (AvgIpc) is 2.49.